The minimum atomic E-state index is -1.02. The first-order valence-corrected chi connectivity index (χ1v) is 8.67. The van der Waals surface area contributed by atoms with Crippen LogP contribution < -0.4 is 15.5 Å². The summed E-state index contributed by atoms with van der Waals surface area (Å²) >= 11 is 5.33. The first kappa shape index (κ1) is 17.4. The second-order valence-corrected chi connectivity index (χ2v) is 6.76. The van der Waals surface area contributed by atoms with Gasteiger partial charge in [-0.3, -0.25) is 5.43 Å². The number of thiocarbonyl (C=S) groups is 1. The number of nitrogens with zero attached hydrogens (tertiary/aromatic N) is 1. The summed E-state index contributed by atoms with van der Waals surface area (Å²) in [5.74, 6) is 0.687. The van der Waals surface area contributed by atoms with E-state index in [0.29, 0.717) is 34.5 Å². The molecule has 6 nitrogen and oxygen atoms in total. The summed E-state index contributed by atoms with van der Waals surface area (Å²) in [6.07, 6.45) is 6.86. The highest BCUT2D eigenvalue weighted by Gasteiger charge is 2.35. The monoisotopic (exact) mass is 359 g/mol. The van der Waals surface area contributed by atoms with Gasteiger partial charge in [-0.05, 0) is 56.0 Å². The second-order valence-electron chi connectivity index (χ2n) is 6.35. The van der Waals surface area contributed by atoms with Crippen molar-refractivity contribution >= 4 is 29.0 Å². The molecule has 2 bridgehead atoms. The highest BCUT2D eigenvalue weighted by Crippen LogP contribution is 2.38. The summed E-state index contributed by atoms with van der Waals surface area (Å²) in [4.78, 5) is 10.7. The number of para-hydroxylation sites is 1. The number of allylic oxidation sites excluding steroid dienone is 1. The van der Waals surface area contributed by atoms with Gasteiger partial charge in [-0.1, -0.05) is 24.3 Å². The Bertz CT molecular complexity index is 732. The molecule has 0 spiro atoms. The Kier molecular flexibility index (Phi) is 5.33. The molecule has 0 saturated heterocycles. The van der Waals surface area contributed by atoms with Crippen LogP contribution in [-0.2, 0) is 4.79 Å². The fraction of sp³-hybridized carbons (Fsp3) is 0.389. The number of hydrogen-bond acceptors (Lipinski definition) is 4. The van der Waals surface area contributed by atoms with Gasteiger partial charge in [0.15, 0.2) is 11.7 Å². The van der Waals surface area contributed by atoms with Crippen molar-refractivity contribution in [1.82, 2.24) is 10.7 Å². The van der Waals surface area contributed by atoms with Gasteiger partial charge in [0.25, 0.3) is 0 Å². The third kappa shape index (κ3) is 4.36. The van der Waals surface area contributed by atoms with Crippen LogP contribution in [0.1, 0.15) is 25.3 Å². The number of carbonyl (C=O) groups is 1. The Morgan fingerprint density at radius 3 is 2.84 bits per heavy atom. The van der Waals surface area contributed by atoms with Gasteiger partial charge in [0.1, 0.15) is 5.75 Å². The average Bonchev–Trinajstić information content (AvgIpc) is 3.21. The molecule has 0 aromatic heterocycles. The topological polar surface area (TPSA) is 83.0 Å². The fourth-order valence-corrected chi connectivity index (χ4v) is 3.57. The van der Waals surface area contributed by atoms with Gasteiger partial charge in [0, 0.05) is 11.6 Å². The van der Waals surface area contributed by atoms with E-state index in [4.69, 9.17) is 22.1 Å². The molecule has 1 aromatic carbocycles. The number of nitrogens with one attached hydrogen (secondary N) is 2. The molecule has 1 aromatic rings. The van der Waals surface area contributed by atoms with E-state index in [0.717, 1.165) is 12.0 Å². The third-order valence-electron chi connectivity index (χ3n) is 4.55. The first-order valence-electron chi connectivity index (χ1n) is 8.26. The largest absolute Gasteiger partial charge is 0.481 e. The summed E-state index contributed by atoms with van der Waals surface area (Å²) < 4.78 is 5.30. The van der Waals surface area contributed by atoms with Crippen LogP contribution >= 0.6 is 12.2 Å². The molecule has 0 heterocycles. The van der Waals surface area contributed by atoms with Gasteiger partial charge >= 0.3 is 5.97 Å². The molecule has 2 aliphatic rings. The zero-order valence-corrected chi connectivity index (χ0v) is 14.8. The van der Waals surface area contributed by atoms with Crippen LogP contribution in [0.3, 0.4) is 0 Å². The molecule has 0 amide bonds. The van der Waals surface area contributed by atoms with E-state index in [1.54, 1.807) is 12.1 Å². The zero-order valence-electron chi connectivity index (χ0n) is 13.9. The van der Waals surface area contributed by atoms with Gasteiger partial charge in [0.05, 0.1) is 5.71 Å². The van der Waals surface area contributed by atoms with E-state index >= 15 is 0 Å². The van der Waals surface area contributed by atoms with Crippen molar-refractivity contribution in [2.75, 3.05) is 6.61 Å². The molecule has 3 unspecified atom stereocenters. The Balaban J connectivity index is 1.58. The summed E-state index contributed by atoms with van der Waals surface area (Å²) in [7, 11) is 0. The number of ether oxygens (including phenoxy) is 1. The minimum absolute atomic E-state index is 0.372. The molecule has 132 valence electrons. The van der Waals surface area contributed by atoms with E-state index in [1.165, 1.54) is 6.42 Å². The molecule has 3 rings (SSSR count). The number of benzene rings is 1. The van der Waals surface area contributed by atoms with Gasteiger partial charge in [-0.2, -0.15) is 5.10 Å². The maximum atomic E-state index is 10.7. The third-order valence-corrected chi connectivity index (χ3v) is 4.76. The number of hydrazone groups is 1. The lowest BCUT2D eigenvalue weighted by atomic mass is 10.0. The number of carboxylic acids is 1. The molecule has 3 atom stereocenters. The molecular weight excluding hydrogens is 338 g/mol. The quantitative estimate of drug-likeness (QED) is 0.313. The molecule has 1 fully saturated rings. The number of fused-ring (bicyclic) bond motifs is 2. The van der Waals surface area contributed by atoms with Crippen molar-refractivity contribution in [3.05, 3.63) is 42.0 Å². The zero-order chi connectivity index (χ0) is 17.8. The molecule has 1 saturated carbocycles. The van der Waals surface area contributed by atoms with E-state index in [-0.39, 0.29) is 0 Å². The lowest BCUT2D eigenvalue weighted by Gasteiger charge is -2.21. The molecule has 0 radical (unpaired) electrons. The molecule has 25 heavy (non-hydrogen) atoms. The van der Waals surface area contributed by atoms with Crippen molar-refractivity contribution in [2.45, 2.75) is 25.8 Å². The predicted molar refractivity (Wildman–Crippen MR) is 99.8 cm³/mol. The predicted octanol–water partition coefficient (Wildman–Crippen LogP) is 2.30. The van der Waals surface area contributed by atoms with Gasteiger partial charge < -0.3 is 15.2 Å². The van der Waals surface area contributed by atoms with E-state index in [2.05, 4.69) is 28.0 Å². The van der Waals surface area contributed by atoms with Crippen molar-refractivity contribution < 1.29 is 14.6 Å². The van der Waals surface area contributed by atoms with E-state index in [9.17, 15) is 4.79 Å². The highest BCUT2D eigenvalue weighted by atomic mass is 32.1. The highest BCUT2D eigenvalue weighted by molar-refractivity contribution is 7.80. The van der Waals surface area contributed by atoms with Crippen molar-refractivity contribution in [3.8, 4) is 5.75 Å². The van der Waals surface area contributed by atoms with Gasteiger partial charge in [0.2, 0.25) is 0 Å². The maximum absolute atomic E-state index is 10.7. The number of carboxylic acid groups (broad SMARTS) is 1. The molecule has 0 aliphatic heterocycles. The number of rotatable bonds is 6. The fourth-order valence-electron chi connectivity index (χ4n) is 3.37. The maximum Gasteiger partial charge on any atom is 0.341 e. The average molecular weight is 359 g/mol. The minimum Gasteiger partial charge on any atom is -0.481 e. The second kappa shape index (κ2) is 7.65. The summed E-state index contributed by atoms with van der Waals surface area (Å²) in [6.45, 7) is 1.42. The smallest absolute Gasteiger partial charge is 0.341 e. The number of aliphatic carboxylic acids is 1. The van der Waals surface area contributed by atoms with Crippen molar-refractivity contribution in [1.29, 1.82) is 0 Å². The Morgan fingerprint density at radius 1 is 1.36 bits per heavy atom. The lowest BCUT2D eigenvalue weighted by molar-refractivity contribution is -0.139. The normalized spacial score (nSPS) is 24.2. The summed E-state index contributed by atoms with van der Waals surface area (Å²) in [5, 5.41) is 16.9. The van der Waals surface area contributed by atoms with Crippen LogP contribution in [0, 0.1) is 11.8 Å². The van der Waals surface area contributed by atoms with Crippen LogP contribution in [0.4, 0.5) is 0 Å². The van der Waals surface area contributed by atoms with Crippen LogP contribution in [-0.4, -0.2) is 34.5 Å². The van der Waals surface area contributed by atoms with Crippen LogP contribution in [0.25, 0.3) is 0 Å². The Hall–Kier alpha value is -2.41. The standard InChI is InChI=1S/C18H21N3O3S/c1-11(14-4-2-3-5-16(14)24-10-17(22)23)20-21-18(25)19-15-9-12-6-7-13(15)8-12/h2-7,12-13,15H,8-10H2,1H3,(H,22,23)(H2,19,21,25)/b20-11+. The molecule has 3 N–H and O–H groups in total. The molecule has 2 aliphatic carbocycles. The van der Waals surface area contributed by atoms with Crippen LogP contribution in [0.2, 0.25) is 0 Å². The van der Waals surface area contributed by atoms with Crippen LogP contribution in [0.15, 0.2) is 41.5 Å². The SMILES string of the molecule is C/C(=N\NC(=S)NC1CC2C=CC1C2)c1ccccc1OCC(=O)O. The summed E-state index contributed by atoms with van der Waals surface area (Å²) in [6, 6.07) is 7.55. The Labute approximate surface area is 152 Å². The molecule has 7 heteroatoms. The van der Waals surface area contributed by atoms with E-state index < -0.39 is 12.6 Å². The first-order chi connectivity index (χ1) is 12.0. The van der Waals surface area contributed by atoms with E-state index in [1.807, 2.05) is 19.1 Å². The Morgan fingerprint density at radius 2 is 2.16 bits per heavy atom. The lowest BCUT2D eigenvalue weighted by Crippen LogP contribution is -2.42. The van der Waals surface area contributed by atoms with Crippen molar-refractivity contribution in [2.24, 2.45) is 16.9 Å². The van der Waals surface area contributed by atoms with Gasteiger partial charge in [-0.25, -0.2) is 4.79 Å². The van der Waals surface area contributed by atoms with Crippen LogP contribution in [0.5, 0.6) is 5.75 Å². The number of hydrogen-bond donors (Lipinski definition) is 3. The van der Waals surface area contributed by atoms with Crippen molar-refractivity contribution in [3.63, 3.8) is 0 Å². The molecular formula is C18H21N3O3S. The summed E-state index contributed by atoms with van der Waals surface area (Å²) in [5.41, 5.74) is 4.26. The van der Waals surface area contributed by atoms with Gasteiger partial charge in [-0.15, -0.1) is 0 Å².